The number of halogens is 1. The van der Waals surface area contributed by atoms with Crippen LogP contribution < -0.4 is 10.6 Å². The molecule has 2 amide bonds. The van der Waals surface area contributed by atoms with Gasteiger partial charge < -0.3 is 15.5 Å². The van der Waals surface area contributed by atoms with Crippen LogP contribution in [0.2, 0.25) is 0 Å². The van der Waals surface area contributed by atoms with Crippen molar-refractivity contribution in [2.24, 2.45) is 0 Å². The second-order valence-electron chi connectivity index (χ2n) is 5.40. The van der Waals surface area contributed by atoms with Crippen LogP contribution in [0.3, 0.4) is 0 Å². The van der Waals surface area contributed by atoms with Crippen LogP contribution in [0.5, 0.6) is 0 Å². The van der Waals surface area contributed by atoms with E-state index in [1.54, 1.807) is 0 Å². The van der Waals surface area contributed by atoms with E-state index < -0.39 is 0 Å². The van der Waals surface area contributed by atoms with Crippen molar-refractivity contribution >= 4 is 24.2 Å². The second-order valence-corrected chi connectivity index (χ2v) is 5.40. The number of hydrogen-bond donors (Lipinski definition) is 2. The Kier molecular flexibility index (Phi) is 7.91. The Balaban J connectivity index is 0.00000242. The molecule has 0 aliphatic carbocycles. The number of nitrogens with zero attached hydrogens (tertiary/aromatic N) is 1. The van der Waals surface area contributed by atoms with Crippen LogP contribution in [-0.4, -0.2) is 48.9 Å². The maximum atomic E-state index is 12.1. The lowest BCUT2D eigenvalue weighted by Gasteiger charge is -2.34. The fourth-order valence-electron chi connectivity index (χ4n) is 2.51. The first kappa shape index (κ1) is 18.5. The third kappa shape index (κ3) is 5.66. The highest BCUT2D eigenvalue weighted by Gasteiger charge is 2.22. The van der Waals surface area contributed by atoms with Crippen molar-refractivity contribution in [2.75, 3.05) is 26.2 Å². The Labute approximate surface area is 137 Å². The summed E-state index contributed by atoms with van der Waals surface area (Å²) in [4.78, 5) is 25.8. The van der Waals surface area contributed by atoms with Crippen LogP contribution in [0.4, 0.5) is 0 Å². The van der Waals surface area contributed by atoms with Crippen molar-refractivity contribution in [3.63, 3.8) is 0 Å². The van der Waals surface area contributed by atoms with Crippen LogP contribution in [0.25, 0.3) is 0 Å². The first-order chi connectivity index (χ1) is 10.2. The predicted octanol–water partition coefficient (Wildman–Crippen LogP) is 0.978. The maximum Gasteiger partial charge on any atom is 0.224 e. The number of benzene rings is 1. The smallest absolute Gasteiger partial charge is 0.224 e. The average molecular weight is 326 g/mol. The van der Waals surface area contributed by atoms with Gasteiger partial charge in [0.05, 0.1) is 6.42 Å². The van der Waals surface area contributed by atoms with Gasteiger partial charge in [0.1, 0.15) is 0 Å². The van der Waals surface area contributed by atoms with E-state index in [4.69, 9.17) is 0 Å². The van der Waals surface area contributed by atoms with E-state index in [9.17, 15) is 9.59 Å². The van der Waals surface area contributed by atoms with Crippen molar-refractivity contribution in [3.8, 4) is 0 Å². The van der Waals surface area contributed by atoms with Crippen molar-refractivity contribution in [1.82, 2.24) is 15.5 Å². The largest absolute Gasteiger partial charge is 0.355 e. The number of amides is 2. The standard InChI is InChI=1S/C16H23N3O2.ClH/c1-13-12-17-9-10-19(13)16(21)7-8-18-15(20)11-14-5-3-2-4-6-14;/h2-6,13,17H,7-12H2,1H3,(H,18,20);1H/t13-;/m0./s1. The molecule has 0 aromatic heterocycles. The molecule has 1 saturated heterocycles. The van der Waals surface area contributed by atoms with Gasteiger partial charge in [-0.15, -0.1) is 12.4 Å². The third-order valence-corrected chi connectivity index (χ3v) is 3.69. The molecule has 1 heterocycles. The Bertz CT molecular complexity index is 482. The number of rotatable bonds is 5. The zero-order valence-corrected chi connectivity index (χ0v) is 13.7. The molecule has 1 aromatic rings. The zero-order chi connectivity index (χ0) is 15.1. The van der Waals surface area contributed by atoms with Crippen molar-refractivity contribution in [3.05, 3.63) is 35.9 Å². The van der Waals surface area contributed by atoms with Crippen LogP contribution >= 0.6 is 12.4 Å². The Hall–Kier alpha value is -1.59. The molecule has 0 bridgehead atoms. The summed E-state index contributed by atoms with van der Waals surface area (Å²) in [6.45, 7) is 4.87. The number of piperazine rings is 1. The van der Waals surface area contributed by atoms with Crippen LogP contribution in [0.1, 0.15) is 18.9 Å². The predicted molar refractivity (Wildman–Crippen MR) is 89.1 cm³/mol. The van der Waals surface area contributed by atoms with E-state index in [0.717, 1.165) is 25.2 Å². The number of carbonyl (C=O) groups is 2. The van der Waals surface area contributed by atoms with Gasteiger partial charge in [0, 0.05) is 38.6 Å². The topological polar surface area (TPSA) is 61.4 Å². The highest BCUT2D eigenvalue weighted by atomic mass is 35.5. The first-order valence-electron chi connectivity index (χ1n) is 7.47. The molecule has 1 aliphatic rings. The minimum Gasteiger partial charge on any atom is -0.355 e. The molecular formula is C16H24ClN3O2. The Morgan fingerprint density at radius 2 is 2.05 bits per heavy atom. The average Bonchev–Trinajstić information content (AvgIpc) is 2.48. The summed E-state index contributed by atoms with van der Waals surface area (Å²) in [5, 5.41) is 6.07. The van der Waals surface area contributed by atoms with E-state index in [2.05, 4.69) is 10.6 Å². The van der Waals surface area contributed by atoms with Gasteiger partial charge in [0.2, 0.25) is 11.8 Å². The molecule has 1 aliphatic heterocycles. The normalized spacial score (nSPS) is 17.5. The summed E-state index contributed by atoms with van der Waals surface area (Å²) in [7, 11) is 0. The van der Waals surface area contributed by atoms with E-state index in [1.165, 1.54) is 0 Å². The first-order valence-corrected chi connectivity index (χ1v) is 7.47. The van der Waals surface area contributed by atoms with Gasteiger partial charge in [-0.1, -0.05) is 30.3 Å². The molecule has 0 spiro atoms. The quantitative estimate of drug-likeness (QED) is 0.848. The second kappa shape index (κ2) is 9.43. The van der Waals surface area contributed by atoms with E-state index >= 15 is 0 Å². The van der Waals surface area contributed by atoms with Crippen molar-refractivity contribution in [2.45, 2.75) is 25.8 Å². The fourth-order valence-corrected chi connectivity index (χ4v) is 2.51. The summed E-state index contributed by atoms with van der Waals surface area (Å²) < 4.78 is 0. The van der Waals surface area contributed by atoms with Crippen molar-refractivity contribution < 1.29 is 9.59 Å². The summed E-state index contributed by atoms with van der Waals surface area (Å²) >= 11 is 0. The zero-order valence-electron chi connectivity index (χ0n) is 12.9. The third-order valence-electron chi connectivity index (χ3n) is 3.69. The molecular weight excluding hydrogens is 302 g/mol. The highest BCUT2D eigenvalue weighted by molar-refractivity contribution is 5.85. The lowest BCUT2D eigenvalue weighted by Crippen LogP contribution is -2.52. The highest BCUT2D eigenvalue weighted by Crippen LogP contribution is 2.04. The minimum absolute atomic E-state index is 0. The Morgan fingerprint density at radius 1 is 1.32 bits per heavy atom. The molecule has 122 valence electrons. The molecule has 0 saturated carbocycles. The maximum absolute atomic E-state index is 12.1. The van der Waals surface area contributed by atoms with Crippen LogP contribution in [0, 0.1) is 0 Å². The lowest BCUT2D eigenvalue weighted by molar-refractivity contribution is -0.133. The number of nitrogens with one attached hydrogen (secondary N) is 2. The molecule has 1 aromatic carbocycles. The molecule has 22 heavy (non-hydrogen) atoms. The lowest BCUT2D eigenvalue weighted by atomic mass is 10.1. The van der Waals surface area contributed by atoms with Crippen LogP contribution in [-0.2, 0) is 16.0 Å². The molecule has 1 atom stereocenters. The number of hydrogen-bond acceptors (Lipinski definition) is 3. The summed E-state index contributed by atoms with van der Waals surface area (Å²) in [5.41, 5.74) is 0.983. The molecule has 1 fully saturated rings. The Morgan fingerprint density at radius 3 is 2.73 bits per heavy atom. The van der Waals surface area contributed by atoms with Gasteiger partial charge >= 0.3 is 0 Å². The molecule has 0 unspecified atom stereocenters. The van der Waals surface area contributed by atoms with Gasteiger partial charge in [0.15, 0.2) is 0 Å². The molecule has 5 nitrogen and oxygen atoms in total. The molecule has 0 radical (unpaired) electrons. The van der Waals surface area contributed by atoms with Gasteiger partial charge in [-0.05, 0) is 12.5 Å². The van der Waals surface area contributed by atoms with E-state index in [0.29, 0.717) is 19.4 Å². The molecule has 6 heteroatoms. The monoisotopic (exact) mass is 325 g/mol. The summed E-state index contributed by atoms with van der Waals surface area (Å²) in [6.07, 6.45) is 0.726. The molecule has 2 N–H and O–H groups in total. The fraction of sp³-hybridized carbons (Fsp3) is 0.500. The van der Waals surface area contributed by atoms with Gasteiger partial charge in [-0.3, -0.25) is 9.59 Å². The van der Waals surface area contributed by atoms with Gasteiger partial charge in [-0.2, -0.15) is 0 Å². The van der Waals surface area contributed by atoms with E-state index in [1.807, 2.05) is 42.2 Å². The van der Waals surface area contributed by atoms with Gasteiger partial charge in [0.25, 0.3) is 0 Å². The SMILES string of the molecule is C[C@H]1CNCCN1C(=O)CCNC(=O)Cc1ccccc1.Cl. The van der Waals surface area contributed by atoms with Crippen molar-refractivity contribution in [1.29, 1.82) is 0 Å². The van der Waals surface area contributed by atoms with E-state index in [-0.39, 0.29) is 30.3 Å². The minimum atomic E-state index is -0.0395. The van der Waals surface area contributed by atoms with Gasteiger partial charge in [-0.25, -0.2) is 0 Å². The van der Waals surface area contributed by atoms with Crippen LogP contribution in [0.15, 0.2) is 30.3 Å². The summed E-state index contributed by atoms with van der Waals surface area (Å²) in [5.74, 6) is 0.0753. The number of carbonyl (C=O) groups excluding carboxylic acids is 2. The molecule has 2 rings (SSSR count). The summed E-state index contributed by atoms with van der Waals surface area (Å²) in [6, 6.07) is 9.83.